The number of hydrogen-bond acceptors (Lipinski definition) is 4. The van der Waals surface area contributed by atoms with Crippen molar-refractivity contribution < 1.29 is 14.6 Å². The Morgan fingerprint density at radius 1 is 1.37 bits per heavy atom. The zero-order chi connectivity index (χ0) is 14.1. The highest BCUT2D eigenvalue weighted by atomic mass is 79.9. The van der Waals surface area contributed by atoms with Crippen LogP contribution in [0, 0.1) is 0 Å². The standard InChI is InChI=1S/C13H19BrClNO3/c1-2-18-6-7-19-9-10(17)8-16-12-5-3-4-11(15)13(12)14/h3-5,10,16-17H,2,6-9H2,1H3. The highest BCUT2D eigenvalue weighted by Crippen LogP contribution is 2.29. The van der Waals surface area contributed by atoms with Crippen molar-refractivity contribution in [1.82, 2.24) is 0 Å². The second-order valence-electron chi connectivity index (χ2n) is 3.91. The van der Waals surface area contributed by atoms with Crippen LogP contribution in [0.4, 0.5) is 5.69 Å². The van der Waals surface area contributed by atoms with E-state index in [0.717, 1.165) is 10.2 Å². The molecule has 0 heterocycles. The fraction of sp³-hybridized carbons (Fsp3) is 0.538. The zero-order valence-electron chi connectivity index (χ0n) is 10.9. The summed E-state index contributed by atoms with van der Waals surface area (Å²) in [7, 11) is 0. The van der Waals surface area contributed by atoms with E-state index in [1.807, 2.05) is 19.1 Å². The molecule has 0 aliphatic carbocycles. The van der Waals surface area contributed by atoms with E-state index in [1.165, 1.54) is 0 Å². The van der Waals surface area contributed by atoms with Crippen LogP contribution in [0.3, 0.4) is 0 Å². The number of halogens is 2. The van der Waals surface area contributed by atoms with Gasteiger partial charge in [-0.15, -0.1) is 0 Å². The first-order valence-electron chi connectivity index (χ1n) is 6.16. The minimum absolute atomic E-state index is 0.276. The van der Waals surface area contributed by atoms with E-state index in [0.29, 0.717) is 31.4 Å². The second-order valence-corrected chi connectivity index (χ2v) is 5.11. The van der Waals surface area contributed by atoms with Gasteiger partial charge in [0.15, 0.2) is 0 Å². The maximum atomic E-state index is 9.75. The lowest BCUT2D eigenvalue weighted by Crippen LogP contribution is -2.25. The number of anilines is 1. The third kappa shape index (κ3) is 6.58. The summed E-state index contributed by atoms with van der Waals surface area (Å²) < 4.78 is 11.2. The van der Waals surface area contributed by atoms with Crippen molar-refractivity contribution in [2.45, 2.75) is 13.0 Å². The number of nitrogens with one attached hydrogen (secondary N) is 1. The van der Waals surface area contributed by atoms with Crippen LogP contribution < -0.4 is 5.32 Å². The van der Waals surface area contributed by atoms with Crippen LogP contribution >= 0.6 is 27.5 Å². The molecule has 0 aliphatic rings. The van der Waals surface area contributed by atoms with Crippen LogP contribution in [0.15, 0.2) is 22.7 Å². The Hall–Kier alpha value is -0.330. The summed E-state index contributed by atoms with van der Waals surface area (Å²) in [6.45, 7) is 4.33. The average Bonchev–Trinajstić information content (AvgIpc) is 2.40. The molecule has 1 rings (SSSR count). The van der Waals surface area contributed by atoms with E-state index in [-0.39, 0.29) is 6.61 Å². The van der Waals surface area contributed by atoms with Crippen molar-refractivity contribution in [1.29, 1.82) is 0 Å². The maximum Gasteiger partial charge on any atom is 0.0945 e. The molecule has 108 valence electrons. The van der Waals surface area contributed by atoms with Crippen LogP contribution in [0.25, 0.3) is 0 Å². The molecule has 0 amide bonds. The summed E-state index contributed by atoms with van der Waals surface area (Å²) in [6.07, 6.45) is -0.576. The molecule has 0 aromatic heterocycles. The van der Waals surface area contributed by atoms with Gasteiger partial charge in [0.1, 0.15) is 0 Å². The molecule has 1 atom stereocenters. The highest BCUT2D eigenvalue weighted by Gasteiger charge is 2.07. The van der Waals surface area contributed by atoms with Crippen molar-refractivity contribution in [2.75, 3.05) is 38.3 Å². The molecule has 4 nitrogen and oxygen atoms in total. The van der Waals surface area contributed by atoms with Gasteiger partial charge >= 0.3 is 0 Å². The van der Waals surface area contributed by atoms with Gasteiger partial charge in [-0.3, -0.25) is 0 Å². The molecule has 0 bridgehead atoms. The number of aliphatic hydroxyl groups is 1. The Bertz CT molecular complexity index is 379. The third-order valence-electron chi connectivity index (χ3n) is 2.37. The first kappa shape index (κ1) is 16.7. The van der Waals surface area contributed by atoms with Crippen molar-refractivity contribution in [2.24, 2.45) is 0 Å². The van der Waals surface area contributed by atoms with Crippen molar-refractivity contribution in [3.63, 3.8) is 0 Å². The first-order chi connectivity index (χ1) is 9.15. The first-order valence-corrected chi connectivity index (χ1v) is 7.33. The Morgan fingerprint density at radius 2 is 2.11 bits per heavy atom. The normalized spacial score (nSPS) is 12.4. The van der Waals surface area contributed by atoms with Crippen molar-refractivity contribution in [3.8, 4) is 0 Å². The predicted molar refractivity (Wildman–Crippen MR) is 81.0 cm³/mol. The van der Waals surface area contributed by atoms with Gasteiger partial charge in [0.05, 0.1) is 41.1 Å². The topological polar surface area (TPSA) is 50.7 Å². The molecular weight excluding hydrogens is 334 g/mol. The predicted octanol–water partition coefficient (Wildman–Crippen LogP) is 2.93. The second kappa shape index (κ2) is 9.55. The summed E-state index contributed by atoms with van der Waals surface area (Å²) in [6, 6.07) is 5.53. The maximum absolute atomic E-state index is 9.75. The summed E-state index contributed by atoms with van der Waals surface area (Å²) in [5, 5.41) is 13.5. The SMILES string of the molecule is CCOCCOCC(O)CNc1cccc(Cl)c1Br. The van der Waals surface area contributed by atoms with E-state index >= 15 is 0 Å². The molecule has 0 fully saturated rings. The Kier molecular flexibility index (Phi) is 8.41. The number of aliphatic hydroxyl groups excluding tert-OH is 1. The molecule has 6 heteroatoms. The molecule has 0 saturated heterocycles. The quantitative estimate of drug-likeness (QED) is 0.671. The zero-order valence-corrected chi connectivity index (χ0v) is 13.2. The lowest BCUT2D eigenvalue weighted by Gasteiger charge is -2.14. The summed E-state index contributed by atoms with van der Waals surface area (Å²) >= 11 is 9.36. The van der Waals surface area contributed by atoms with Crippen LogP contribution in [0.5, 0.6) is 0 Å². The number of hydrogen-bond donors (Lipinski definition) is 2. The summed E-state index contributed by atoms with van der Waals surface area (Å²) in [5.74, 6) is 0. The number of rotatable bonds is 9. The minimum atomic E-state index is -0.576. The molecule has 1 aromatic carbocycles. The Labute approximate surface area is 127 Å². The van der Waals surface area contributed by atoms with Crippen LogP contribution in [-0.2, 0) is 9.47 Å². The van der Waals surface area contributed by atoms with E-state index in [2.05, 4.69) is 21.2 Å². The van der Waals surface area contributed by atoms with Crippen molar-refractivity contribution in [3.05, 3.63) is 27.7 Å². The fourth-order valence-electron chi connectivity index (χ4n) is 1.41. The van der Waals surface area contributed by atoms with Crippen molar-refractivity contribution >= 4 is 33.2 Å². The average molecular weight is 353 g/mol. The largest absolute Gasteiger partial charge is 0.389 e. The van der Waals surface area contributed by atoms with Crippen LogP contribution in [0.2, 0.25) is 5.02 Å². The third-order valence-corrected chi connectivity index (χ3v) is 3.76. The summed E-state index contributed by atoms with van der Waals surface area (Å²) in [5.41, 5.74) is 0.848. The monoisotopic (exact) mass is 351 g/mol. The van der Waals surface area contributed by atoms with Crippen LogP contribution in [0.1, 0.15) is 6.92 Å². The molecule has 0 radical (unpaired) electrons. The van der Waals surface area contributed by atoms with E-state index in [9.17, 15) is 5.11 Å². The Morgan fingerprint density at radius 3 is 2.84 bits per heavy atom. The molecule has 19 heavy (non-hydrogen) atoms. The lowest BCUT2D eigenvalue weighted by atomic mass is 10.3. The number of ether oxygens (including phenoxy) is 2. The van der Waals surface area contributed by atoms with Gasteiger partial charge in [-0.1, -0.05) is 17.7 Å². The van der Waals surface area contributed by atoms with Gasteiger partial charge in [0.25, 0.3) is 0 Å². The molecule has 0 aliphatic heterocycles. The van der Waals surface area contributed by atoms with Gasteiger partial charge in [0.2, 0.25) is 0 Å². The van der Waals surface area contributed by atoms with Gasteiger partial charge in [-0.25, -0.2) is 0 Å². The highest BCUT2D eigenvalue weighted by molar-refractivity contribution is 9.10. The molecule has 0 spiro atoms. The van der Waals surface area contributed by atoms with E-state index in [4.69, 9.17) is 21.1 Å². The van der Waals surface area contributed by atoms with Crippen LogP contribution in [-0.4, -0.2) is 44.2 Å². The number of benzene rings is 1. The van der Waals surface area contributed by atoms with Gasteiger partial charge < -0.3 is 19.9 Å². The van der Waals surface area contributed by atoms with Gasteiger partial charge in [-0.2, -0.15) is 0 Å². The summed E-state index contributed by atoms with van der Waals surface area (Å²) in [4.78, 5) is 0. The van der Waals surface area contributed by atoms with E-state index in [1.54, 1.807) is 6.07 Å². The molecule has 1 aromatic rings. The van der Waals surface area contributed by atoms with E-state index < -0.39 is 6.10 Å². The smallest absolute Gasteiger partial charge is 0.0945 e. The van der Waals surface area contributed by atoms with Gasteiger partial charge in [0, 0.05) is 13.2 Å². The minimum Gasteiger partial charge on any atom is -0.389 e. The molecule has 0 saturated carbocycles. The Balaban J connectivity index is 2.22. The lowest BCUT2D eigenvalue weighted by molar-refractivity contribution is 0.0103. The fourth-order valence-corrected chi connectivity index (χ4v) is 1.99. The van der Waals surface area contributed by atoms with Gasteiger partial charge in [-0.05, 0) is 35.0 Å². The molecule has 2 N–H and O–H groups in total. The molecular formula is C13H19BrClNO3. The molecule has 1 unspecified atom stereocenters.